The number of nitrogens with one attached hydrogen (secondary N) is 1. The summed E-state index contributed by atoms with van der Waals surface area (Å²) in [5.74, 6) is 1.53. The van der Waals surface area contributed by atoms with E-state index in [1.165, 1.54) is 0 Å². The molecule has 1 heterocycles. The van der Waals surface area contributed by atoms with Crippen LogP contribution in [0.1, 0.15) is 13.3 Å². The average molecular weight is 279 g/mol. The second-order valence-electron chi connectivity index (χ2n) is 3.93. The van der Waals surface area contributed by atoms with Gasteiger partial charge in [0, 0.05) is 11.8 Å². The molecule has 0 radical (unpaired) electrons. The van der Waals surface area contributed by atoms with Gasteiger partial charge in [0.15, 0.2) is 0 Å². The Morgan fingerprint density at radius 2 is 2.00 bits per heavy atom. The number of aromatic nitrogens is 2. The van der Waals surface area contributed by atoms with E-state index in [1.54, 1.807) is 6.07 Å². The van der Waals surface area contributed by atoms with Crippen LogP contribution in [-0.2, 0) is 0 Å². The Bertz CT molecular complexity index is 525. The standard InChI is InChI=1S/C13H15ClN4O/c1-2-7-19-10-5-3-9(4-6-10)16-12-8-11(14)17-13(15)18-12/h3-6,8H,2,7H2,1H3,(H3,15,16,17,18). The van der Waals surface area contributed by atoms with Crippen LogP contribution in [0.15, 0.2) is 30.3 Å². The minimum absolute atomic E-state index is 0.137. The highest BCUT2D eigenvalue weighted by Crippen LogP contribution is 2.21. The number of nitrogen functional groups attached to an aromatic ring is 1. The van der Waals surface area contributed by atoms with Crippen LogP contribution in [0.4, 0.5) is 17.5 Å². The van der Waals surface area contributed by atoms with Gasteiger partial charge in [0.2, 0.25) is 5.95 Å². The highest BCUT2D eigenvalue weighted by molar-refractivity contribution is 6.29. The molecule has 0 fully saturated rings. The van der Waals surface area contributed by atoms with E-state index in [0.717, 1.165) is 17.9 Å². The van der Waals surface area contributed by atoms with E-state index in [0.29, 0.717) is 17.6 Å². The van der Waals surface area contributed by atoms with Crippen molar-refractivity contribution < 1.29 is 4.74 Å². The van der Waals surface area contributed by atoms with Gasteiger partial charge in [0.1, 0.15) is 16.7 Å². The molecule has 0 bridgehead atoms. The van der Waals surface area contributed by atoms with Crippen molar-refractivity contribution in [3.63, 3.8) is 0 Å². The summed E-state index contributed by atoms with van der Waals surface area (Å²) >= 11 is 5.81. The van der Waals surface area contributed by atoms with Gasteiger partial charge in [-0.15, -0.1) is 0 Å². The molecule has 0 spiro atoms. The van der Waals surface area contributed by atoms with Crippen LogP contribution >= 0.6 is 11.6 Å². The number of halogens is 1. The maximum Gasteiger partial charge on any atom is 0.223 e. The zero-order valence-corrected chi connectivity index (χ0v) is 11.3. The van der Waals surface area contributed by atoms with Crippen molar-refractivity contribution in [2.24, 2.45) is 0 Å². The molecule has 0 aliphatic rings. The molecule has 3 N–H and O–H groups in total. The molecule has 0 saturated carbocycles. The second kappa shape index (κ2) is 6.24. The molecule has 0 aliphatic carbocycles. The monoisotopic (exact) mass is 278 g/mol. The van der Waals surface area contributed by atoms with Gasteiger partial charge in [-0.25, -0.2) is 4.98 Å². The van der Waals surface area contributed by atoms with Gasteiger partial charge in [0.25, 0.3) is 0 Å². The van der Waals surface area contributed by atoms with Crippen LogP contribution in [0.5, 0.6) is 5.75 Å². The summed E-state index contributed by atoms with van der Waals surface area (Å²) in [5, 5.41) is 3.40. The molecular weight excluding hydrogens is 264 g/mol. The Kier molecular flexibility index (Phi) is 4.41. The molecule has 2 aromatic rings. The van der Waals surface area contributed by atoms with E-state index >= 15 is 0 Å². The van der Waals surface area contributed by atoms with Gasteiger partial charge in [-0.1, -0.05) is 18.5 Å². The largest absolute Gasteiger partial charge is 0.494 e. The van der Waals surface area contributed by atoms with Crippen LogP contribution in [0.3, 0.4) is 0 Å². The summed E-state index contributed by atoms with van der Waals surface area (Å²) in [6.07, 6.45) is 0.985. The van der Waals surface area contributed by atoms with Crippen LogP contribution in [0.25, 0.3) is 0 Å². The van der Waals surface area contributed by atoms with Crippen molar-refractivity contribution in [1.82, 2.24) is 9.97 Å². The lowest BCUT2D eigenvalue weighted by Crippen LogP contribution is -2.00. The number of anilines is 3. The number of benzene rings is 1. The van der Waals surface area contributed by atoms with Gasteiger partial charge in [-0.05, 0) is 30.7 Å². The fourth-order valence-corrected chi connectivity index (χ4v) is 1.69. The van der Waals surface area contributed by atoms with E-state index in [-0.39, 0.29) is 5.95 Å². The molecule has 0 saturated heterocycles. The summed E-state index contributed by atoms with van der Waals surface area (Å²) in [6.45, 7) is 2.78. The first-order valence-corrected chi connectivity index (χ1v) is 6.35. The molecule has 100 valence electrons. The van der Waals surface area contributed by atoms with Gasteiger partial charge >= 0.3 is 0 Å². The molecule has 6 heteroatoms. The molecule has 0 aliphatic heterocycles. The molecular formula is C13H15ClN4O. The van der Waals surface area contributed by atoms with Gasteiger partial charge in [-0.2, -0.15) is 4.98 Å². The first kappa shape index (κ1) is 13.4. The molecule has 2 rings (SSSR count). The summed E-state index contributed by atoms with van der Waals surface area (Å²) in [5.41, 5.74) is 6.40. The summed E-state index contributed by atoms with van der Waals surface area (Å²) in [6, 6.07) is 9.20. The Morgan fingerprint density at radius 1 is 1.26 bits per heavy atom. The molecule has 5 nitrogen and oxygen atoms in total. The topological polar surface area (TPSA) is 73.1 Å². The zero-order chi connectivity index (χ0) is 13.7. The molecule has 19 heavy (non-hydrogen) atoms. The van der Waals surface area contributed by atoms with E-state index in [9.17, 15) is 0 Å². The number of hydrogen-bond donors (Lipinski definition) is 2. The van der Waals surface area contributed by atoms with Crippen molar-refractivity contribution in [3.8, 4) is 5.75 Å². The Morgan fingerprint density at radius 3 is 2.63 bits per heavy atom. The number of hydrogen-bond acceptors (Lipinski definition) is 5. The quantitative estimate of drug-likeness (QED) is 0.822. The molecule has 0 amide bonds. The van der Waals surface area contributed by atoms with Crippen LogP contribution < -0.4 is 15.8 Å². The van der Waals surface area contributed by atoms with Crippen LogP contribution in [0.2, 0.25) is 5.15 Å². The van der Waals surface area contributed by atoms with Gasteiger partial charge in [0.05, 0.1) is 6.61 Å². The van der Waals surface area contributed by atoms with Crippen molar-refractivity contribution >= 4 is 29.1 Å². The number of rotatable bonds is 5. The smallest absolute Gasteiger partial charge is 0.223 e. The number of nitrogens with two attached hydrogens (primary N) is 1. The predicted octanol–water partition coefficient (Wildman–Crippen LogP) is 3.24. The van der Waals surface area contributed by atoms with E-state index in [4.69, 9.17) is 22.1 Å². The number of nitrogens with zero attached hydrogens (tertiary/aromatic N) is 2. The lowest BCUT2D eigenvalue weighted by atomic mass is 10.3. The Hall–Kier alpha value is -2.01. The van der Waals surface area contributed by atoms with E-state index in [2.05, 4.69) is 22.2 Å². The van der Waals surface area contributed by atoms with E-state index in [1.807, 2.05) is 24.3 Å². The maximum absolute atomic E-state index is 5.81. The Labute approximate surface area is 116 Å². The minimum atomic E-state index is 0.137. The SMILES string of the molecule is CCCOc1ccc(Nc2cc(Cl)nc(N)n2)cc1. The first-order chi connectivity index (χ1) is 9.17. The fourth-order valence-electron chi connectivity index (χ4n) is 1.50. The highest BCUT2D eigenvalue weighted by atomic mass is 35.5. The zero-order valence-electron chi connectivity index (χ0n) is 10.6. The Balaban J connectivity index is 2.06. The van der Waals surface area contributed by atoms with Crippen LogP contribution in [-0.4, -0.2) is 16.6 Å². The van der Waals surface area contributed by atoms with Crippen molar-refractivity contribution in [3.05, 3.63) is 35.5 Å². The van der Waals surface area contributed by atoms with E-state index < -0.39 is 0 Å². The highest BCUT2D eigenvalue weighted by Gasteiger charge is 2.01. The third kappa shape index (κ3) is 3.99. The molecule has 0 unspecified atom stereocenters. The lowest BCUT2D eigenvalue weighted by Gasteiger charge is -2.08. The van der Waals surface area contributed by atoms with Crippen molar-refractivity contribution in [2.45, 2.75) is 13.3 Å². The third-order valence-electron chi connectivity index (χ3n) is 2.31. The first-order valence-electron chi connectivity index (χ1n) is 5.97. The predicted molar refractivity (Wildman–Crippen MR) is 77.0 cm³/mol. The maximum atomic E-state index is 5.81. The fraction of sp³-hybridized carbons (Fsp3) is 0.231. The summed E-state index contributed by atoms with van der Waals surface area (Å²) in [7, 11) is 0. The molecule has 0 atom stereocenters. The molecule has 1 aromatic heterocycles. The molecule has 1 aromatic carbocycles. The minimum Gasteiger partial charge on any atom is -0.494 e. The average Bonchev–Trinajstić information content (AvgIpc) is 2.37. The van der Waals surface area contributed by atoms with Gasteiger partial charge in [-0.3, -0.25) is 0 Å². The summed E-state index contributed by atoms with van der Waals surface area (Å²) in [4.78, 5) is 7.84. The third-order valence-corrected chi connectivity index (χ3v) is 2.51. The van der Waals surface area contributed by atoms with Crippen molar-refractivity contribution in [1.29, 1.82) is 0 Å². The summed E-state index contributed by atoms with van der Waals surface area (Å²) < 4.78 is 5.50. The van der Waals surface area contributed by atoms with Gasteiger partial charge < -0.3 is 15.8 Å². The lowest BCUT2D eigenvalue weighted by molar-refractivity contribution is 0.317. The van der Waals surface area contributed by atoms with Crippen LogP contribution in [0, 0.1) is 0 Å². The normalized spacial score (nSPS) is 10.2. The second-order valence-corrected chi connectivity index (χ2v) is 4.32. The van der Waals surface area contributed by atoms with Crippen molar-refractivity contribution in [2.75, 3.05) is 17.7 Å². The number of ether oxygens (including phenoxy) is 1.